The van der Waals surface area contributed by atoms with Crippen molar-refractivity contribution in [1.29, 1.82) is 0 Å². The van der Waals surface area contributed by atoms with Crippen LogP contribution in [-0.2, 0) is 7.05 Å². The van der Waals surface area contributed by atoms with Crippen molar-refractivity contribution in [2.45, 2.75) is 44.4 Å². The second kappa shape index (κ2) is 4.17. The van der Waals surface area contributed by atoms with Crippen molar-refractivity contribution in [2.75, 3.05) is 0 Å². The summed E-state index contributed by atoms with van der Waals surface area (Å²) in [5, 5.41) is 0.341. The molecule has 2 rings (SSSR count). The molecule has 1 saturated carbocycles. The summed E-state index contributed by atoms with van der Waals surface area (Å²) in [6.45, 7) is 4.37. The number of aryl methyl sites for hydroxylation is 2. The molecule has 3 heteroatoms. The fourth-order valence-corrected chi connectivity index (χ4v) is 2.77. The van der Waals surface area contributed by atoms with E-state index in [4.69, 9.17) is 11.6 Å². The number of imidazole rings is 1. The topological polar surface area (TPSA) is 17.8 Å². The number of rotatable bonds is 1. The zero-order valence-corrected chi connectivity index (χ0v) is 10.5. The van der Waals surface area contributed by atoms with Crippen molar-refractivity contribution in [1.82, 2.24) is 9.55 Å². The van der Waals surface area contributed by atoms with Gasteiger partial charge < -0.3 is 4.57 Å². The van der Waals surface area contributed by atoms with Gasteiger partial charge >= 0.3 is 0 Å². The highest BCUT2D eigenvalue weighted by molar-refractivity contribution is 6.20. The zero-order valence-electron chi connectivity index (χ0n) is 9.70. The van der Waals surface area contributed by atoms with Gasteiger partial charge in [0.1, 0.15) is 5.82 Å². The Morgan fingerprint density at radius 2 is 2.20 bits per heavy atom. The SMILES string of the molecule is Cc1nc(C2CC(Cl)CCC2C)cn1C. The van der Waals surface area contributed by atoms with E-state index in [9.17, 15) is 0 Å². The Bertz CT molecular complexity index is 326. The molecule has 0 amide bonds. The molecule has 1 fully saturated rings. The maximum Gasteiger partial charge on any atom is 0.105 e. The molecule has 0 N–H and O–H groups in total. The molecule has 3 unspecified atom stereocenters. The van der Waals surface area contributed by atoms with Gasteiger partial charge in [-0.05, 0) is 32.1 Å². The largest absolute Gasteiger partial charge is 0.338 e. The van der Waals surface area contributed by atoms with E-state index >= 15 is 0 Å². The first kappa shape index (κ1) is 11.0. The van der Waals surface area contributed by atoms with Gasteiger partial charge in [0.15, 0.2) is 0 Å². The molecule has 0 radical (unpaired) electrons. The van der Waals surface area contributed by atoms with Crippen LogP contribution >= 0.6 is 11.6 Å². The van der Waals surface area contributed by atoms with Gasteiger partial charge in [0, 0.05) is 24.5 Å². The van der Waals surface area contributed by atoms with E-state index in [-0.39, 0.29) is 0 Å². The Morgan fingerprint density at radius 3 is 2.80 bits per heavy atom. The molecule has 1 aromatic rings. The standard InChI is InChI=1S/C12H19ClN2/c1-8-4-5-10(13)6-11(8)12-7-15(3)9(2)14-12/h7-8,10-11H,4-6H2,1-3H3. The summed E-state index contributed by atoms with van der Waals surface area (Å²) < 4.78 is 2.10. The third-order valence-corrected chi connectivity index (χ3v) is 4.04. The van der Waals surface area contributed by atoms with Gasteiger partial charge in [0.05, 0.1) is 5.69 Å². The number of nitrogens with zero attached hydrogens (tertiary/aromatic N) is 2. The third kappa shape index (κ3) is 2.20. The molecule has 3 atom stereocenters. The lowest BCUT2D eigenvalue weighted by Gasteiger charge is -2.30. The fourth-order valence-electron chi connectivity index (χ4n) is 2.45. The van der Waals surface area contributed by atoms with E-state index in [2.05, 4.69) is 36.6 Å². The Labute approximate surface area is 96.7 Å². The summed E-state index contributed by atoms with van der Waals surface area (Å²) in [5.74, 6) is 2.37. The van der Waals surface area contributed by atoms with Crippen molar-refractivity contribution in [3.8, 4) is 0 Å². The molecule has 1 aliphatic rings. The maximum atomic E-state index is 6.24. The van der Waals surface area contributed by atoms with Gasteiger partial charge in [0.25, 0.3) is 0 Å². The van der Waals surface area contributed by atoms with Gasteiger partial charge in [-0.15, -0.1) is 11.6 Å². The van der Waals surface area contributed by atoms with Crippen LogP contribution in [0, 0.1) is 12.8 Å². The van der Waals surface area contributed by atoms with Gasteiger partial charge in [-0.3, -0.25) is 0 Å². The van der Waals surface area contributed by atoms with Gasteiger partial charge in [0.2, 0.25) is 0 Å². The fraction of sp³-hybridized carbons (Fsp3) is 0.750. The van der Waals surface area contributed by atoms with E-state index in [0.29, 0.717) is 17.2 Å². The number of halogens is 1. The molecule has 84 valence electrons. The monoisotopic (exact) mass is 226 g/mol. The molecular weight excluding hydrogens is 208 g/mol. The highest BCUT2D eigenvalue weighted by Crippen LogP contribution is 2.38. The highest BCUT2D eigenvalue weighted by Gasteiger charge is 2.29. The lowest BCUT2D eigenvalue weighted by Crippen LogP contribution is -2.21. The summed E-state index contributed by atoms with van der Waals surface area (Å²) in [5.41, 5.74) is 1.23. The van der Waals surface area contributed by atoms with Crippen LogP contribution in [0.2, 0.25) is 0 Å². The van der Waals surface area contributed by atoms with Crippen LogP contribution in [0.1, 0.15) is 43.6 Å². The van der Waals surface area contributed by atoms with Crippen LogP contribution in [0.25, 0.3) is 0 Å². The summed E-state index contributed by atoms with van der Waals surface area (Å²) in [6.07, 6.45) is 5.63. The van der Waals surface area contributed by atoms with Gasteiger partial charge in [-0.1, -0.05) is 6.92 Å². The van der Waals surface area contributed by atoms with Crippen LogP contribution in [0.15, 0.2) is 6.20 Å². The first-order valence-electron chi connectivity index (χ1n) is 5.72. The first-order valence-corrected chi connectivity index (χ1v) is 6.15. The van der Waals surface area contributed by atoms with Crippen molar-refractivity contribution < 1.29 is 0 Å². The quantitative estimate of drug-likeness (QED) is 0.673. The molecular formula is C12H19ClN2. The average Bonchev–Trinajstić information content (AvgIpc) is 2.51. The van der Waals surface area contributed by atoms with E-state index < -0.39 is 0 Å². The number of hydrogen-bond acceptors (Lipinski definition) is 1. The zero-order chi connectivity index (χ0) is 11.0. The lowest BCUT2D eigenvalue weighted by atomic mass is 9.78. The number of alkyl halides is 1. The molecule has 0 spiro atoms. The average molecular weight is 227 g/mol. The Hall–Kier alpha value is -0.500. The predicted octanol–water partition coefficient (Wildman–Crippen LogP) is 3.24. The van der Waals surface area contributed by atoms with Gasteiger partial charge in [-0.2, -0.15) is 0 Å². The highest BCUT2D eigenvalue weighted by atomic mass is 35.5. The number of aromatic nitrogens is 2. The molecule has 1 aliphatic carbocycles. The summed E-state index contributed by atoms with van der Waals surface area (Å²) >= 11 is 6.24. The van der Waals surface area contributed by atoms with Crippen molar-refractivity contribution in [2.24, 2.45) is 13.0 Å². The van der Waals surface area contributed by atoms with Crippen molar-refractivity contribution in [3.63, 3.8) is 0 Å². The summed E-state index contributed by atoms with van der Waals surface area (Å²) in [6, 6.07) is 0. The normalized spacial score (nSPS) is 31.9. The summed E-state index contributed by atoms with van der Waals surface area (Å²) in [7, 11) is 2.05. The minimum Gasteiger partial charge on any atom is -0.338 e. The smallest absolute Gasteiger partial charge is 0.105 e. The first-order chi connectivity index (χ1) is 7.08. The number of hydrogen-bond donors (Lipinski definition) is 0. The molecule has 15 heavy (non-hydrogen) atoms. The van der Waals surface area contributed by atoms with Crippen molar-refractivity contribution >= 4 is 11.6 Å². The maximum absolute atomic E-state index is 6.24. The third-order valence-electron chi connectivity index (χ3n) is 3.64. The van der Waals surface area contributed by atoms with E-state index in [1.807, 2.05) is 0 Å². The van der Waals surface area contributed by atoms with Crippen LogP contribution in [0.5, 0.6) is 0 Å². The van der Waals surface area contributed by atoms with Crippen LogP contribution < -0.4 is 0 Å². The second-order valence-corrected chi connectivity index (χ2v) is 5.44. The van der Waals surface area contributed by atoms with Gasteiger partial charge in [-0.25, -0.2) is 4.98 Å². The second-order valence-electron chi connectivity index (χ2n) is 4.82. The Kier molecular flexibility index (Phi) is 3.06. The Morgan fingerprint density at radius 1 is 1.47 bits per heavy atom. The van der Waals surface area contributed by atoms with Crippen LogP contribution in [0.3, 0.4) is 0 Å². The molecule has 2 nitrogen and oxygen atoms in total. The molecule has 1 aromatic heterocycles. The van der Waals surface area contributed by atoms with Crippen LogP contribution in [0.4, 0.5) is 0 Å². The molecule has 0 aliphatic heterocycles. The van der Waals surface area contributed by atoms with E-state index in [1.165, 1.54) is 12.1 Å². The lowest BCUT2D eigenvalue weighted by molar-refractivity contribution is 0.330. The minimum absolute atomic E-state index is 0.341. The van der Waals surface area contributed by atoms with E-state index in [1.54, 1.807) is 0 Å². The summed E-state index contributed by atoms with van der Waals surface area (Å²) in [4.78, 5) is 4.62. The minimum atomic E-state index is 0.341. The van der Waals surface area contributed by atoms with Crippen molar-refractivity contribution in [3.05, 3.63) is 17.7 Å². The van der Waals surface area contributed by atoms with E-state index in [0.717, 1.165) is 18.7 Å². The molecule has 0 bridgehead atoms. The molecule has 0 saturated heterocycles. The van der Waals surface area contributed by atoms with Crippen LogP contribution in [-0.4, -0.2) is 14.9 Å². The Balaban J connectivity index is 2.21. The predicted molar refractivity (Wildman–Crippen MR) is 63.3 cm³/mol. The molecule has 1 heterocycles. The molecule has 0 aromatic carbocycles.